The van der Waals surface area contributed by atoms with Gasteiger partial charge in [0.15, 0.2) is 0 Å². The number of nitrogens with one attached hydrogen (secondary N) is 1. The summed E-state index contributed by atoms with van der Waals surface area (Å²) >= 11 is 0. The second-order valence-electron chi connectivity index (χ2n) is 8.30. The molecular weight excluding hydrogens is 378 g/mol. The fourth-order valence-electron chi connectivity index (χ4n) is 4.44. The van der Waals surface area contributed by atoms with Crippen LogP contribution in [0, 0.1) is 18.8 Å². The third-order valence-electron chi connectivity index (χ3n) is 5.81. The first-order valence-corrected chi connectivity index (χ1v) is 10.2. The minimum atomic E-state index is -0.457. The van der Waals surface area contributed by atoms with Crippen LogP contribution in [0.1, 0.15) is 43.7 Å². The van der Waals surface area contributed by atoms with Gasteiger partial charge in [-0.2, -0.15) is 0 Å². The first kappa shape index (κ1) is 20.0. The van der Waals surface area contributed by atoms with E-state index in [9.17, 15) is 14.7 Å². The summed E-state index contributed by atoms with van der Waals surface area (Å²) in [5.41, 5.74) is 3.75. The topological polar surface area (TPSA) is 91.6 Å². The predicted octanol–water partition coefficient (Wildman–Crippen LogP) is 4.16. The van der Waals surface area contributed by atoms with Gasteiger partial charge in [0.25, 0.3) is 5.91 Å². The largest absolute Gasteiger partial charge is 0.508 e. The number of aromatic nitrogens is 1. The van der Waals surface area contributed by atoms with Crippen molar-refractivity contribution in [1.82, 2.24) is 4.98 Å². The number of fused-ring (bicyclic) bond motifs is 1. The molecule has 0 radical (unpaired) electrons. The molecule has 0 bridgehead atoms. The summed E-state index contributed by atoms with van der Waals surface area (Å²) in [7, 11) is 0. The Bertz CT molecular complexity index is 1050. The Morgan fingerprint density at radius 1 is 1.07 bits per heavy atom. The van der Waals surface area contributed by atoms with Gasteiger partial charge < -0.3 is 10.4 Å². The van der Waals surface area contributed by atoms with Crippen molar-refractivity contribution >= 4 is 23.2 Å². The number of rotatable bonds is 3. The number of phenolic OH excluding ortho intramolecular Hbond substituents is 1. The van der Waals surface area contributed by atoms with Crippen molar-refractivity contribution in [2.45, 2.75) is 39.5 Å². The fourth-order valence-corrected chi connectivity index (χ4v) is 4.44. The molecule has 2 aromatic rings. The van der Waals surface area contributed by atoms with Crippen molar-refractivity contribution in [2.75, 3.05) is 5.32 Å². The maximum absolute atomic E-state index is 13.3. The highest BCUT2D eigenvalue weighted by Gasteiger charge is 2.44. The molecule has 0 unspecified atom stereocenters. The van der Waals surface area contributed by atoms with Crippen molar-refractivity contribution in [3.8, 4) is 5.75 Å². The molecule has 1 aromatic heterocycles. The normalized spacial score (nSPS) is 23.6. The quantitative estimate of drug-likeness (QED) is 0.805. The number of aromatic hydroxyl groups is 1. The van der Waals surface area contributed by atoms with Crippen LogP contribution in [0.5, 0.6) is 5.75 Å². The van der Waals surface area contributed by atoms with Gasteiger partial charge in [-0.3, -0.25) is 14.6 Å². The summed E-state index contributed by atoms with van der Waals surface area (Å²) in [6.07, 6.45) is 2.92. The number of allylic oxidation sites excluding steroid dienone is 1. The predicted molar refractivity (Wildman–Crippen MR) is 115 cm³/mol. The standard InChI is InChI=1S/C24H25N3O3/c1-13-4-9-20(25-12-13)27-24(30)21-15(3)26-18-10-14(2)11-19(29)23(18)22(21)16-5-7-17(28)8-6-16/h4-9,12,14,22-23,28H,10-11H2,1-3H3,(H,25,27,30)/t14-,22+,23-/m1/s1. The molecule has 1 aliphatic heterocycles. The highest BCUT2D eigenvalue weighted by molar-refractivity contribution is 6.14. The number of aliphatic imine (C=N–C) groups is 1. The summed E-state index contributed by atoms with van der Waals surface area (Å²) in [5, 5.41) is 12.6. The van der Waals surface area contributed by atoms with E-state index in [1.165, 1.54) is 0 Å². The number of anilines is 1. The van der Waals surface area contributed by atoms with Gasteiger partial charge in [0.2, 0.25) is 0 Å². The van der Waals surface area contributed by atoms with E-state index in [-0.39, 0.29) is 23.4 Å². The van der Waals surface area contributed by atoms with Gasteiger partial charge in [0.05, 0.1) is 5.92 Å². The van der Waals surface area contributed by atoms with E-state index in [4.69, 9.17) is 4.99 Å². The molecule has 1 aromatic carbocycles. The zero-order chi connectivity index (χ0) is 21.4. The number of ketones is 1. The number of phenols is 1. The van der Waals surface area contributed by atoms with Crippen molar-refractivity contribution in [2.24, 2.45) is 16.8 Å². The second-order valence-corrected chi connectivity index (χ2v) is 8.30. The zero-order valence-corrected chi connectivity index (χ0v) is 17.3. The molecule has 2 heterocycles. The average molecular weight is 403 g/mol. The molecule has 2 N–H and O–H groups in total. The summed E-state index contributed by atoms with van der Waals surface area (Å²) in [5.74, 6) is -0.262. The number of carbonyl (C=O) groups excluding carboxylic acids is 2. The fraction of sp³-hybridized carbons (Fsp3) is 0.333. The minimum absolute atomic E-state index is 0.108. The molecule has 4 rings (SSSR count). The molecule has 0 spiro atoms. The first-order chi connectivity index (χ1) is 14.3. The van der Waals surface area contributed by atoms with Crippen LogP contribution < -0.4 is 5.32 Å². The Hall–Kier alpha value is -3.28. The number of Topliss-reactive ketones (excluding diaryl/α,β-unsaturated/α-hetero) is 1. The van der Waals surface area contributed by atoms with E-state index in [2.05, 4.69) is 17.2 Å². The monoisotopic (exact) mass is 403 g/mol. The molecule has 6 nitrogen and oxygen atoms in total. The van der Waals surface area contributed by atoms with Crippen LogP contribution in [0.3, 0.4) is 0 Å². The molecule has 6 heteroatoms. The molecule has 3 atom stereocenters. The number of hydrogen-bond acceptors (Lipinski definition) is 5. The van der Waals surface area contributed by atoms with Crippen LogP contribution in [0.25, 0.3) is 0 Å². The lowest BCUT2D eigenvalue weighted by atomic mass is 9.67. The van der Waals surface area contributed by atoms with E-state index >= 15 is 0 Å². The molecule has 1 aliphatic carbocycles. The van der Waals surface area contributed by atoms with Crippen LogP contribution in [0.15, 0.2) is 58.9 Å². The van der Waals surface area contributed by atoms with Gasteiger partial charge in [-0.25, -0.2) is 4.98 Å². The summed E-state index contributed by atoms with van der Waals surface area (Å²) in [6, 6.07) is 10.4. The van der Waals surface area contributed by atoms with Crippen molar-refractivity contribution in [3.63, 3.8) is 0 Å². The van der Waals surface area contributed by atoms with Crippen molar-refractivity contribution < 1.29 is 14.7 Å². The molecule has 1 saturated carbocycles. The van der Waals surface area contributed by atoms with Gasteiger partial charge in [0, 0.05) is 35.5 Å². The number of amides is 1. The Morgan fingerprint density at radius 3 is 2.47 bits per heavy atom. The lowest BCUT2D eigenvalue weighted by Gasteiger charge is -2.37. The number of hydrogen-bond donors (Lipinski definition) is 2. The third kappa shape index (κ3) is 3.77. The minimum Gasteiger partial charge on any atom is -0.508 e. The number of aryl methyl sites for hydroxylation is 1. The Morgan fingerprint density at radius 2 is 1.80 bits per heavy atom. The highest BCUT2D eigenvalue weighted by atomic mass is 16.3. The Kier molecular flexibility index (Phi) is 5.24. The molecule has 1 amide bonds. The highest BCUT2D eigenvalue weighted by Crippen LogP contribution is 2.44. The lowest BCUT2D eigenvalue weighted by Crippen LogP contribution is -2.41. The van der Waals surface area contributed by atoms with Crippen LogP contribution in [-0.4, -0.2) is 27.5 Å². The third-order valence-corrected chi connectivity index (χ3v) is 5.81. The van der Waals surface area contributed by atoms with E-state index in [0.29, 0.717) is 23.5 Å². The van der Waals surface area contributed by atoms with Crippen LogP contribution in [0.4, 0.5) is 5.82 Å². The van der Waals surface area contributed by atoms with Gasteiger partial charge in [-0.05, 0) is 55.5 Å². The summed E-state index contributed by atoms with van der Waals surface area (Å²) < 4.78 is 0. The Balaban J connectivity index is 1.78. The van der Waals surface area contributed by atoms with Crippen molar-refractivity contribution in [1.29, 1.82) is 0 Å². The van der Waals surface area contributed by atoms with Gasteiger partial charge in [0.1, 0.15) is 17.4 Å². The molecular formula is C24H25N3O3. The number of carbonyl (C=O) groups is 2. The van der Waals surface area contributed by atoms with Crippen molar-refractivity contribution in [3.05, 3.63) is 65.0 Å². The maximum Gasteiger partial charge on any atom is 0.255 e. The van der Waals surface area contributed by atoms with Gasteiger partial charge in [-0.1, -0.05) is 25.1 Å². The molecule has 0 saturated heterocycles. The first-order valence-electron chi connectivity index (χ1n) is 10.2. The number of benzene rings is 1. The van der Waals surface area contributed by atoms with E-state index < -0.39 is 11.8 Å². The molecule has 154 valence electrons. The number of nitrogens with zero attached hydrogens (tertiary/aromatic N) is 2. The molecule has 1 fully saturated rings. The second kappa shape index (κ2) is 7.86. The molecule has 2 aliphatic rings. The maximum atomic E-state index is 13.3. The Labute approximate surface area is 175 Å². The summed E-state index contributed by atoms with van der Waals surface area (Å²) in [6.45, 7) is 5.80. The van der Waals surface area contributed by atoms with E-state index in [1.54, 1.807) is 36.5 Å². The smallest absolute Gasteiger partial charge is 0.255 e. The average Bonchev–Trinajstić information content (AvgIpc) is 2.69. The van der Waals surface area contributed by atoms with Crippen LogP contribution in [-0.2, 0) is 9.59 Å². The van der Waals surface area contributed by atoms with E-state index in [1.807, 2.05) is 19.9 Å². The van der Waals surface area contributed by atoms with E-state index in [0.717, 1.165) is 23.3 Å². The SMILES string of the molecule is CC1=C(C(=O)Nc2ccc(C)cn2)[C@H](c2ccc(O)cc2)[C@H]2C(=O)C[C@H](C)CC2=N1. The van der Waals surface area contributed by atoms with Crippen LogP contribution in [0.2, 0.25) is 0 Å². The molecule has 30 heavy (non-hydrogen) atoms. The zero-order valence-electron chi connectivity index (χ0n) is 17.3. The number of pyridine rings is 1. The summed E-state index contributed by atoms with van der Waals surface area (Å²) in [4.78, 5) is 35.3. The lowest BCUT2D eigenvalue weighted by molar-refractivity contribution is -0.123. The van der Waals surface area contributed by atoms with Gasteiger partial charge >= 0.3 is 0 Å². The van der Waals surface area contributed by atoms with Crippen LogP contribution >= 0.6 is 0 Å². The van der Waals surface area contributed by atoms with Gasteiger partial charge in [-0.15, -0.1) is 0 Å².